The van der Waals surface area contributed by atoms with Gasteiger partial charge < -0.3 is 15.5 Å². The quantitative estimate of drug-likeness (QED) is 0.376. The molecular formula is C32H42Cl2N4O4S. The second kappa shape index (κ2) is 14.7. The lowest BCUT2D eigenvalue weighted by Gasteiger charge is -2.42. The van der Waals surface area contributed by atoms with Crippen LogP contribution in [0.1, 0.15) is 63.4 Å². The first-order valence-electron chi connectivity index (χ1n) is 15.5. The maximum absolute atomic E-state index is 13.5. The molecule has 2 atom stereocenters. The van der Waals surface area contributed by atoms with Gasteiger partial charge >= 0.3 is 0 Å². The molecular weight excluding hydrogens is 607 g/mol. The number of likely N-dealkylation sites (tertiary alicyclic amines) is 1. The number of amides is 2. The third kappa shape index (κ3) is 8.11. The van der Waals surface area contributed by atoms with E-state index in [0.29, 0.717) is 17.0 Å². The molecule has 0 bridgehead atoms. The Labute approximate surface area is 265 Å². The van der Waals surface area contributed by atoms with Crippen LogP contribution < -0.4 is 10.6 Å². The maximum Gasteiger partial charge on any atom is 0.245 e. The van der Waals surface area contributed by atoms with E-state index >= 15 is 0 Å². The number of carbonyl (C=O) groups is 2. The number of piperidine rings is 1. The number of halogens is 2. The van der Waals surface area contributed by atoms with Crippen LogP contribution in [0, 0.1) is 5.92 Å². The van der Waals surface area contributed by atoms with Gasteiger partial charge in [-0.25, -0.2) is 8.42 Å². The van der Waals surface area contributed by atoms with Crippen LogP contribution in [0.3, 0.4) is 0 Å². The van der Waals surface area contributed by atoms with Crippen molar-refractivity contribution in [3.63, 3.8) is 0 Å². The lowest BCUT2D eigenvalue weighted by atomic mass is 9.78. The van der Waals surface area contributed by atoms with Crippen molar-refractivity contribution in [1.29, 1.82) is 0 Å². The van der Waals surface area contributed by atoms with E-state index in [1.807, 2.05) is 0 Å². The predicted octanol–water partition coefficient (Wildman–Crippen LogP) is 5.03. The minimum atomic E-state index is -4.13. The van der Waals surface area contributed by atoms with E-state index in [1.165, 1.54) is 56.1 Å². The van der Waals surface area contributed by atoms with Gasteiger partial charge in [0.15, 0.2) is 0 Å². The summed E-state index contributed by atoms with van der Waals surface area (Å²) in [4.78, 5) is 28.6. The summed E-state index contributed by atoms with van der Waals surface area (Å²) in [5.74, 6) is -0.213. The first-order valence-corrected chi connectivity index (χ1v) is 17.7. The molecule has 234 valence electrons. The Hall–Kier alpha value is -2.17. The molecule has 1 aliphatic carbocycles. The van der Waals surface area contributed by atoms with Crippen molar-refractivity contribution < 1.29 is 18.0 Å². The first-order chi connectivity index (χ1) is 20.7. The van der Waals surface area contributed by atoms with E-state index in [0.717, 1.165) is 42.8 Å². The lowest BCUT2D eigenvalue weighted by Crippen LogP contribution is -2.58. The molecule has 2 heterocycles. The predicted molar refractivity (Wildman–Crippen MR) is 170 cm³/mol. The van der Waals surface area contributed by atoms with E-state index < -0.39 is 22.0 Å². The average molecular weight is 650 g/mol. The second-order valence-electron chi connectivity index (χ2n) is 12.1. The number of piperazine rings is 1. The smallest absolute Gasteiger partial charge is 0.245 e. The number of hydrogen-bond acceptors (Lipinski definition) is 5. The Bertz CT molecular complexity index is 1360. The SMILES string of the molecule is O=C(CC1C(=O)NCCN1S(=O)(=O)c1ccc(Cl)cc1Cl)NC1CCC(C(CCc2ccccc2)N2CCCCC2)CC1. The highest BCUT2D eigenvalue weighted by molar-refractivity contribution is 7.89. The minimum Gasteiger partial charge on any atom is -0.353 e. The average Bonchev–Trinajstić information content (AvgIpc) is 3.00. The molecule has 11 heteroatoms. The van der Waals surface area contributed by atoms with Gasteiger partial charge in [0, 0.05) is 30.2 Å². The van der Waals surface area contributed by atoms with Crippen LogP contribution >= 0.6 is 23.2 Å². The van der Waals surface area contributed by atoms with Crippen LogP contribution in [0.5, 0.6) is 0 Å². The molecule has 5 rings (SSSR count). The summed E-state index contributed by atoms with van der Waals surface area (Å²) < 4.78 is 28.1. The standard InChI is InChI=1S/C32H42Cl2N4O4S/c33-25-12-16-30(27(34)21-25)43(41,42)38-20-17-35-32(40)29(38)22-31(39)36-26-13-10-24(11-14-26)28(37-18-5-2-6-19-37)15-9-23-7-3-1-4-8-23/h1,3-4,7-8,12,16,21,24,26,28-29H,2,5-6,9-11,13-15,17-20,22H2,(H,35,40)(H,36,39). The second-order valence-corrected chi connectivity index (χ2v) is 14.8. The highest BCUT2D eigenvalue weighted by Crippen LogP contribution is 2.34. The van der Waals surface area contributed by atoms with Crippen LogP contribution in [0.25, 0.3) is 0 Å². The molecule has 8 nitrogen and oxygen atoms in total. The van der Waals surface area contributed by atoms with Crippen molar-refractivity contribution >= 4 is 45.0 Å². The number of benzene rings is 2. The van der Waals surface area contributed by atoms with Crippen molar-refractivity contribution in [1.82, 2.24) is 19.8 Å². The van der Waals surface area contributed by atoms with Gasteiger partial charge in [-0.1, -0.05) is 60.0 Å². The van der Waals surface area contributed by atoms with Gasteiger partial charge in [-0.05, 0) is 94.1 Å². The topological polar surface area (TPSA) is 98.8 Å². The highest BCUT2D eigenvalue weighted by atomic mass is 35.5. The summed E-state index contributed by atoms with van der Waals surface area (Å²) in [7, 11) is -4.13. The van der Waals surface area contributed by atoms with Gasteiger partial charge in [-0.3, -0.25) is 9.59 Å². The van der Waals surface area contributed by atoms with Crippen molar-refractivity contribution in [2.75, 3.05) is 26.2 Å². The fraction of sp³-hybridized carbons (Fsp3) is 0.562. The molecule has 0 spiro atoms. The zero-order valence-electron chi connectivity index (χ0n) is 24.5. The number of hydrogen-bond donors (Lipinski definition) is 2. The van der Waals surface area contributed by atoms with Crippen LogP contribution in [0.4, 0.5) is 0 Å². The molecule has 2 amide bonds. The Morgan fingerprint density at radius 1 is 0.977 bits per heavy atom. The van der Waals surface area contributed by atoms with Crippen LogP contribution in [-0.2, 0) is 26.0 Å². The lowest BCUT2D eigenvalue weighted by molar-refractivity contribution is -0.132. The fourth-order valence-corrected chi connectivity index (χ4v) is 9.36. The number of sulfonamides is 1. The van der Waals surface area contributed by atoms with E-state index in [-0.39, 0.29) is 41.4 Å². The van der Waals surface area contributed by atoms with Crippen molar-refractivity contribution in [3.05, 3.63) is 64.1 Å². The zero-order chi connectivity index (χ0) is 30.4. The maximum atomic E-state index is 13.5. The third-order valence-electron chi connectivity index (χ3n) is 9.25. The molecule has 3 fully saturated rings. The molecule has 2 aromatic rings. The highest BCUT2D eigenvalue weighted by Gasteiger charge is 2.41. The normalized spacial score (nSPS) is 24.7. The first kappa shape index (κ1) is 32.2. The molecule has 3 aliphatic rings. The van der Waals surface area contributed by atoms with Gasteiger partial charge in [-0.2, -0.15) is 4.31 Å². The summed E-state index contributed by atoms with van der Waals surface area (Å²) in [5, 5.41) is 6.11. The monoisotopic (exact) mass is 648 g/mol. The molecule has 2 aliphatic heterocycles. The summed E-state index contributed by atoms with van der Waals surface area (Å²) in [5.41, 5.74) is 1.38. The molecule has 2 aromatic carbocycles. The van der Waals surface area contributed by atoms with Crippen LogP contribution in [-0.4, -0.2) is 73.7 Å². The van der Waals surface area contributed by atoms with E-state index in [1.54, 1.807) is 0 Å². The Kier molecular flexibility index (Phi) is 11.0. The Balaban J connectivity index is 1.18. The number of rotatable bonds is 10. The van der Waals surface area contributed by atoms with Gasteiger partial charge in [0.1, 0.15) is 10.9 Å². The Morgan fingerprint density at radius 2 is 1.70 bits per heavy atom. The van der Waals surface area contributed by atoms with Gasteiger partial charge in [0.05, 0.1) is 11.4 Å². The molecule has 2 unspecified atom stereocenters. The molecule has 2 N–H and O–H groups in total. The summed E-state index contributed by atoms with van der Waals surface area (Å²) in [6.45, 7) is 2.55. The minimum absolute atomic E-state index is 0.0160. The van der Waals surface area contributed by atoms with E-state index in [9.17, 15) is 18.0 Å². The molecule has 0 aromatic heterocycles. The number of nitrogens with zero attached hydrogens (tertiary/aromatic N) is 2. The van der Waals surface area contributed by atoms with Gasteiger partial charge in [0.25, 0.3) is 0 Å². The largest absolute Gasteiger partial charge is 0.353 e. The molecule has 1 saturated carbocycles. The van der Waals surface area contributed by atoms with E-state index in [4.69, 9.17) is 23.2 Å². The molecule has 43 heavy (non-hydrogen) atoms. The summed E-state index contributed by atoms with van der Waals surface area (Å²) >= 11 is 12.2. The van der Waals surface area contributed by atoms with Crippen molar-refractivity contribution in [3.8, 4) is 0 Å². The summed E-state index contributed by atoms with van der Waals surface area (Å²) in [6.07, 6.45) is 9.65. The number of nitrogens with one attached hydrogen (secondary N) is 2. The number of aryl methyl sites for hydroxylation is 1. The third-order valence-corrected chi connectivity index (χ3v) is 11.9. The zero-order valence-corrected chi connectivity index (χ0v) is 26.8. The molecule has 2 saturated heterocycles. The van der Waals surface area contributed by atoms with Gasteiger partial charge in [0.2, 0.25) is 21.8 Å². The van der Waals surface area contributed by atoms with Gasteiger partial charge in [-0.15, -0.1) is 0 Å². The summed E-state index contributed by atoms with van der Waals surface area (Å²) in [6, 6.07) is 14.2. The molecule has 0 radical (unpaired) electrons. The van der Waals surface area contributed by atoms with E-state index in [2.05, 4.69) is 45.9 Å². The van der Waals surface area contributed by atoms with Crippen molar-refractivity contribution in [2.24, 2.45) is 5.92 Å². The Morgan fingerprint density at radius 3 is 2.40 bits per heavy atom. The number of carbonyl (C=O) groups excluding carboxylic acids is 2. The van der Waals surface area contributed by atoms with Crippen LogP contribution in [0.2, 0.25) is 10.0 Å². The fourth-order valence-electron chi connectivity index (χ4n) is 7.02. The van der Waals surface area contributed by atoms with Crippen LogP contribution in [0.15, 0.2) is 53.4 Å². The van der Waals surface area contributed by atoms with Crippen molar-refractivity contribution in [2.45, 2.75) is 87.2 Å².